The van der Waals surface area contributed by atoms with E-state index in [0.29, 0.717) is 24.3 Å². The Balaban J connectivity index is 1.10. The monoisotopic (exact) mass is 595 g/mol. The molecule has 3 saturated heterocycles. The number of nitrogens with zero attached hydrogens (tertiary/aromatic N) is 5. The summed E-state index contributed by atoms with van der Waals surface area (Å²) < 4.78 is 33.6. The van der Waals surface area contributed by atoms with Gasteiger partial charge >= 0.3 is 0 Å². The van der Waals surface area contributed by atoms with Crippen LogP contribution in [0.5, 0.6) is 0 Å². The Morgan fingerprint density at radius 3 is 2.53 bits per heavy atom. The number of rotatable bonds is 7. The highest BCUT2D eigenvalue weighted by Crippen LogP contribution is 2.46. The second-order valence-corrected chi connectivity index (χ2v) is 13.1. The van der Waals surface area contributed by atoms with Gasteiger partial charge in [0, 0.05) is 11.8 Å². The third-order valence-corrected chi connectivity index (χ3v) is 8.36. The lowest BCUT2D eigenvalue weighted by Gasteiger charge is -2.37. The van der Waals surface area contributed by atoms with Crippen molar-refractivity contribution in [1.82, 2.24) is 24.8 Å². The molecule has 0 radical (unpaired) electrons. The predicted octanol–water partition coefficient (Wildman–Crippen LogP) is 3.51. The maximum atomic E-state index is 13.1. The fourth-order valence-corrected chi connectivity index (χ4v) is 6.54. The molecule has 1 aromatic carbocycles. The number of aromatic nitrogens is 5. The molecular formula is C30H37N5O8. The average molecular weight is 596 g/mol. The number of hydrogen-bond donors (Lipinski definition) is 0. The van der Waals surface area contributed by atoms with Gasteiger partial charge in [-0.3, -0.25) is 4.79 Å². The fraction of sp³-hybridized carbons (Fsp3) is 0.600. The highest BCUT2D eigenvalue weighted by atomic mass is 17.2. The number of ether oxygens (including phenoxy) is 5. The van der Waals surface area contributed by atoms with Gasteiger partial charge in [0.15, 0.2) is 29.8 Å². The first-order valence-electron chi connectivity index (χ1n) is 14.6. The van der Waals surface area contributed by atoms with Gasteiger partial charge in [-0.25, -0.2) is 19.1 Å². The van der Waals surface area contributed by atoms with Gasteiger partial charge in [-0.2, -0.15) is 5.10 Å². The first kappa shape index (κ1) is 28.7. The quantitative estimate of drug-likeness (QED) is 0.294. The summed E-state index contributed by atoms with van der Waals surface area (Å²) in [5.41, 5.74) is 2.34. The third kappa shape index (κ3) is 5.22. The lowest BCUT2D eigenvalue weighted by Crippen LogP contribution is -2.44. The van der Waals surface area contributed by atoms with Crippen molar-refractivity contribution in [2.45, 2.75) is 103 Å². The molecule has 0 saturated carbocycles. The second kappa shape index (κ2) is 10.3. The van der Waals surface area contributed by atoms with Crippen molar-refractivity contribution in [2.75, 3.05) is 6.61 Å². The van der Waals surface area contributed by atoms with E-state index in [1.807, 2.05) is 68.9 Å². The van der Waals surface area contributed by atoms with Gasteiger partial charge in [0.05, 0.1) is 35.9 Å². The van der Waals surface area contributed by atoms with Crippen LogP contribution in [-0.4, -0.2) is 79.4 Å². The molecule has 4 aliphatic rings. The van der Waals surface area contributed by atoms with Gasteiger partial charge in [-0.1, -0.05) is 37.3 Å². The van der Waals surface area contributed by atoms with Crippen LogP contribution >= 0.6 is 0 Å². The Labute approximate surface area is 249 Å². The second-order valence-electron chi connectivity index (χ2n) is 13.1. The van der Waals surface area contributed by atoms with E-state index in [-0.39, 0.29) is 24.5 Å². The SMILES string of the molecule is CC1(C)O[C@H]2O[C@H]([C@H]3COC(C)(C)O3)[C@H](OOCc3cn([C@@H]4c5c(cnn5-c5ccccc5)C(=O)CC4(C)C)nn3)[C@H]2O1. The molecule has 43 heavy (non-hydrogen) atoms. The van der Waals surface area contributed by atoms with Crippen LogP contribution in [0.15, 0.2) is 42.7 Å². The summed E-state index contributed by atoms with van der Waals surface area (Å²) in [5, 5.41) is 13.4. The van der Waals surface area contributed by atoms with Crippen molar-refractivity contribution in [1.29, 1.82) is 0 Å². The first-order valence-corrected chi connectivity index (χ1v) is 14.6. The van der Waals surface area contributed by atoms with Crippen molar-refractivity contribution in [2.24, 2.45) is 5.41 Å². The van der Waals surface area contributed by atoms with E-state index >= 15 is 0 Å². The number of para-hydroxylation sites is 1. The number of ketones is 1. The summed E-state index contributed by atoms with van der Waals surface area (Å²) in [4.78, 5) is 24.8. The minimum absolute atomic E-state index is 0.0231. The molecule has 0 N–H and O–H groups in total. The molecule has 0 spiro atoms. The summed E-state index contributed by atoms with van der Waals surface area (Å²) in [7, 11) is 0. The maximum Gasteiger partial charge on any atom is 0.190 e. The molecule has 3 fully saturated rings. The molecule has 6 atom stereocenters. The van der Waals surface area contributed by atoms with E-state index in [0.717, 1.165) is 11.4 Å². The smallest absolute Gasteiger partial charge is 0.190 e. The lowest BCUT2D eigenvalue weighted by molar-refractivity contribution is -0.359. The highest BCUT2D eigenvalue weighted by molar-refractivity contribution is 5.99. The number of carbonyl (C=O) groups excluding carboxylic acids is 1. The van der Waals surface area contributed by atoms with E-state index in [4.69, 9.17) is 33.5 Å². The van der Waals surface area contributed by atoms with Crippen LogP contribution in [0.1, 0.15) is 75.8 Å². The van der Waals surface area contributed by atoms with E-state index in [1.54, 1.807) is 10.9 Å². The molecule has 230 valence electrons. The van der Waals surface area contributed by atoms with Crippen molar-refractivity contribution < 1.29 is 38.3 Å². The number of hydrogen-bond acceptors (Lipinski definition) is 11. The van der Waals surface area contributed by atoms with Crippen LogP contribution in [0.3, 0.4) is 0 Å². The number of Topliss-reactive ketones (excluding diaryl/α,β-unsaturated/α-hetero) is 1. The molecule has 3 aliphatic heterocycles. The Hall–Kier alpha value is -3.04. The zero-order chi connectivity index (χ0) is 30.1. The molecule has 1 aliphatic carbocycles. The van der Waals surface area contributed by atoms with Gasteiger partial charge in [0.1, 0.15) is 36.7 Å². The van der Waals surface area contributed by atoms with Crippen molar-refractivity contribution in [3.8, 4) is 5.69 Å². The van der Waals surface area contributed by atoms with Gasteiger partial charge in [0.2, 0.25) is 0 Å². The molecule has 3 aromatic rings. The zero-order valence-electron chi connectivity index (χ0n) is 25.1. The van der Waals surface area contributed by atoms with Crippen molar-refractivity contribution >= 4 is 5.78 Å². The van der Waals surface area contributed by atoms with Crippen LogP contribution in [0.2, 0.25) is 0 Å². The van der Waals surface area contributed by atoms with Crippen molar-refractivity contribution in [3.63, 3.8) is 0 Å². The average Bonchev–Trinajstić information content (AvgIpc) is 3.74. The Morgan fingerprint density at radius 1 is 1.00 bits per heavy atom. The molecule has 0 amide bonds. The highest BCUT2D eigenvalue weighted by Gasteiger charge is 2.59. The summed E-state index contributed by atoms with van der Waals surface area (Å²) in [6.45, 7) is 11.8. The van der Waals surface area contributed by atoms with E-state index in [1.165, 1.54) is 0 Å². The number of fused-ring (bicyclic) bond motifs is 2. The molecule has 7 rings (SSSR count). The Bertz CT molecular complexity index is 1500. The summed E-state index contributed by atoms with van der Waals surface area (Å²) in [6, 6.07) is 9.45. The van der Waals surface area contributed by atoms with Crippen LogP contribution in [0, 0.1) is 5.41 Å². The largest absolute Gasteiger partial charge is 0.348 e. The summed E-state index contributed by atoms with van der Waals surface area (Å²) >= 11 is 0. The molecule has 0 unspecified atom stereocenters. The first-order chi connectivity index (χ1) is 20.4. The van der Waals surface area contributed by atoms with Crippen LogP contribution in [0.25, 0.3) is 5.69 Å². The summed E-state index contributed by atoms with van der Waals surface area (Å²) in [6.07, 6.45) is 1.14. The van der Waals surface area contributed by atoms with Crippen LogP contribution in [-0.2, 0) is 40.1 Å². The molecule has 13 nitrogen and oxygen atoms in total. The normalized spacial score (nSPS) is 32.2. The molecule has 5 heterocycles. The van der Waals surface area contributed by atoms with Crippen LogP contribution in [0.4, 0.5) is 0 Å². The van der Waals surface area contributed by atoms with E-state index in [2.05, 4.69) is 29.3 Å². The minimum Gasteiger partial charge on any atom is -0.348 e. The topological polar surface area (TPSA) is 130 Å². The van der Waals surface area contributed by atoms with Crippen molar-refractivity contribution in [3.05, 3.63) is 59.7 Å². The predicted molar refractivity (Wildman–Crippen MR) is 148 cm³/mol. The Kier molecular flexibility index (Phi) is 6.85. The molecule has 13 heteroatoms. The van der Waals surface area contributed by atoms with Gasteiger partial charge in [-0.15, -0.1) is 5.10 Å². The van der Waals surface area contributed by atoms with E-state index in [9.17, 15) is 4.79 Å². The zero-order valence-corrected chi connectivity index (χ0v) is 25.1. The lowest BCUT2D eigenvalue weighted by atomic mass is 9.72. The number of benzene rings is 1. The molecule has 2 aromatic heterocycles. The fourth-order valence-electron chi connectivity index (χ4n) is 6.54. The maximum absolute atomic E-state index is 13.1. The van der Waals surface area contributed by atoms with E-state index < -0.39 is 41.6 Å². The third-order valence-electron chi connectivity index (χ3n) is 8.36. The molecule has 0 bridgehead atoms. The van der Waals surface area contributed by atoms with Gasteiger partial charge < -0.3 is 23.7 Å². The number of carbonyl (C=O) groups is 1. The molecular weight excluding hydrogens is 558 g/mol. The minimum atomic E-state index is -0.823. The van der Waals surface area contributed by atoms with Gasteiger partial charge in [0.25, 0.3) is 0 Å². The standard InChI is InChI=1S/C30H37N5O8/c1-28(2)12-20(36)19-13-31-35(18-10-8-7-9-11-18)22(19)26(28)34-14-17(32-33-34)15-38-43-24-23(21-16-37-29(3,4)40-21)39-27-25(24)41-30(5,6)42-27/h7-11,13-14,21,23-27H,12,15-16H2,1-6H3/t21-,23-,24+,25-,26-,27-/m1/s1. The summed E-state index contributed by atoms with van der Waals surface area (Å²) in [5.74, 6) is -1.50. The van der Waals surface area contributed by atoms with Gasteiger partial charge in [-0.05, 0) is 39.8 Å². The Morgan fingerprint density at radius 2 is 1.79 bits per heavy atom. The van der Waals surface area contributed by atoms with Crippen LogP contribution < -0.4 is 0 Å².